The van der Waals surface area contributed by atoms with E-state index in [1.807, 2.05) is 20.8 Å². The lowest BCUT2D eigenvalue weighted by atomic mass is 10.1. The molecule has 0 aliphatic rings. The van der Waals surface area contributed by atoms with Crippen molar-refractivity contribution >= 4 is 6.21 Å². The fourth-order valence-electron chi connectivity index (χ4n) is 0.687. The smallest absolute Gasteiger partial charge is 0.144 e. The molecule has 0 spiro atoms. The third-order valence-electron chi connectivity index (χ3n) is 1.31. The molecule has 0 radical (unpaired) electrons. The Morgan fingerprint density at radius 2 is 2.15 bits per heavy atom. The first-order chi connectivity index (χ1) is 5.95. The summed E-state index contributed by atoms with van der Waals surface area (Å²) in [6.07, 6.45) is 1.03. The average Bonchev–Trinajstić information content (AvgIpc) is 2.00. The highest BCUT2D eigenvalue weighted by Gasteiger charge is 2.11. The number of β-amino-alcohol motifs (C(OH)–C–C–N with tert-alkyl or cyclic N) is 1. The predicted molar refractivity (Wildman–Crippen MR) is 53.9 cm³/mol. The zero-order valence-corrected chi connectivity index (χ0v) is 8.87. The molecule has 1 unspecified atom stereocenters. The first-order valence-electron chi connectivity index (χ1n) is 4.49. The van der Waals surface area contributed by atoms with Gasteiger partial charge in [-0.15, -0.1) is 0 Å². The summed E-state index contributed by atoms with van der Waals surface area (Å²) in [6, 6.07) is 0. The highest BCUT2D eigenvalue weighted by Crippen LogP contribution is 1.98. The van der Waals surface area contributed by atoms with Crippen LogP contribution in [0.25, 0.3) is 0 Å². The van der Waals surface area contributed by atoms with E-state index < -0.39 is 6.10 Å². The van der Waals surface area contributed by atoms with Crippen molar-refractivity contribution in [3.8, 4) is 0 Å². The van der Waals surface area contributed by atoms with E-state index in [9.17, 15) is 5.11 Å². The molecule has 0 bridgehead atoms. The number of nitrogens with zero attached hydrogens (tertiary/aromatic N) is 1. The molecule has 0 saturated carbocycles. The summed E-state index contributed by atoms with van der Waals surface area (Å²) in [7, 11) is 0. The lowest BCUT2D eigenvalue weighted by molar-refractivity contribution is 0.0378. The highest BCUT2D eigenvalue weighted by atomic mass is 16.6. The number of rotatable bonds is 5. The fraction of sp³-hybridized carbons (Fsp3) is 0.889. The van der Waals surface area contributed by atoms with Crippen molar-refractivity contribution in [1.29, 1.82) is 0 Å². The molecule has 0 aromatic carbocycles. The zero-order valence-electron chi connectivity index (χ0n) is 8.87. The van der Waals surface area contributed by atoms with Crippen molar-refractivity contribution in [2.24, 2.45) is 5.16 Å². The van der Waals surface area contributed by atoms with Gasteiger partial charge in [0.1, 0.15) is 12.7 Å². The molecule has 0 aromatic rings. The molecule has 0 amide bonds. The molecule has 0 aliphatic carbocycles. The van der Waals surface area contributed by atoms with Gasteiger partial charge in [-0.05, 0) is 27.7 Å². The summed E-state index contributed by atoms with van der Waals surface area (Å²) in [5.74, 6) is 0. The monoisotopic (exact) mass is 188 g/mol. The van der Waals surface area contributed by atoms with Crippen LogP contribution in [0.15, 0.2) is 5.16 Å². The maximum absolute atomic E-state index is 9.38. The van der Waals surface area contributed by atoms with Crippen LogP contribution < -0.4 is 5.32 Å². The summed E-state index contributed by atoms with van der Waals surface area (Å²) >= 11 is 0. The van der Waals surface area contributed by atoms with Crippen LogP contribution in [0.2, 0.25) is 0 Å². The number of nitrogens with one attached hydrogen (secondary N) is 1. The summed E-state index contributed by atoms with van der Waals surface area (Å²) in [4.78, 5) is 4.79. The number of hydrogen-bond donors (Lipinski definition) is 2. The third-order valence-corrected chi connectivity index (χ3v) is 1.31. The second-order valence-electron chi connectivity index (χ2n) is 3.94. The molecular weight excluding hydrogens is 168 g/mol. The van der Waals surface area contributed by atoms with Crippen LogP contribution in [0.5, 0.6) is 0 Å². The Balaban J connectivity index is 3.46. The Labute approximate surface area is 80.0 Å². The van der Waals surface area contributed by atoms with Crippen LogP contribution in [-0.4, -0.2) is 36.1 Å². The average molecular weight is 188 g/mol. The van der Waals surface area contributed by atoms with Gasteiger partial charge in [-0.1, -0.05) is 5.16 Å². The molecule has 4 nitrogen and oxygen atoms in total. The van der Waals surface area contributed by atoms with Crippen molar-refractivity contribution < 1.29 is 9.94 Å². The first kappa shape index (κ1) is 12.4. The Morgan fingerprint density at radius 1 is 1.54 bits per heavy atom. The second-order valence-corrected chi connectivity index (χ2v) is 3.94. The molecule has 0 heterocycles. The SMILES string of the molecule is C/C=N/OCC(O)CNC(C)(C)C. The van der Waals surface area contributed by atoms with E-state index in [4.69, 9.17) is 4.84 Å². The minimum Gasteiger partial charge on any atom is -0.393 e. The number of hydrogen-bond acceptors (Lipinski definition) is 4. The summed E-state index contributed by atoms with van der Waals surface area (Å²) in [5, 5.41) is 16.1. The Kier molecular flexibility index (Phi) is 5.66. The Hall–Kier alpha value is -0.610. The minimum atomic E-state index is -0.511. The van der Waals surface area contributed by atoms with Crippen LogP contribution in [0.3, 0.4) is 0 Å². The van der Waals surface area contributed by atoms with E-state index in [1.54, 1.807) is 13.1 Å². The standard InChI is InChI=1S/C9H20N2O2/c1-5-11-13-7-8(12)6-10-9(2,3)4/h5,8,10,12H,6-7H2,1-4H3/b11-5+. The summed E-state index contributed by atoms with van der Waals surface area (Å²) in [6.45, 7) is 8.65. The Bertz CT molecular complexity index is 152. The van der Waals surface area contributed by atoms with Gasteiger partial charge >= 0.3 is 0 Å². The van der Waals surface area contributed by atoms with E-state index in [0.29, 0.717) is 6.54 Å². The fourth-order valence-corrected chi connectivity index (χ4v) is 0.687. The lowest BCUT2D eigenvalue weighted by Gasteiger charge is -2.22. The highest BCUT2D eigenvalue weighted by molar-refractivity contribution is 5.52. The molecule has 0 aliphatic heterocycles. The van der Waals surface area contributed by atoms with E-state index in [1.165, 1.54) is 0 Å². The van der Waals surface area contributed by atoms with E-state index in [0.717, 1.165) is 0 Å². The quantitative estimate of drug-likeness (QED) is 0.494. The van der Waals surface area contributed by atoms with Gasteiger partial charge in [0, 0.05) is 18.3 Å². The number of aliphatic hydroxyl groups excluding tert-OH is 1. The van der Waals surface area contributed by atoms with Crippen LogP contribution in [0.4, 0.5) is 0 Å². The molecule has 0 saturated heterocycles. The van der Waals surface area contributed by atoms with Crippen LogP contribution in [0, 0.1) is 0 Å². The summed E-state index contributed by atoms with van der Waals surface area (Å²) < 4.78 is 0. The molecule has 13 heavy (non-hydrogen) atoms. The van der Waals surface area contributed by atoms with Gasteiger partial charge in [0.25, 0.3) is 0 Å². The van der Waals surface area contributed by atoms with Crippen molar-refractivity contribution in [2.45, 2.75) is 39.3 Å². The molecule has 4 heteroatoms. The van der Waals surface area contributed by atoms with Gasteiger partial charge in [-0.3, -0.25) is 0 Å². The van der Waals surface area contributed by atoms with Crippen molar-refractivity contribution in [2.75, 3.05) is 13.2 Å². The lowest BCUT2D eigenvalue weighted by Crippen LogP contribution is -2.42. The van der Waals surface area contributed by atoms with Crippen LogP contribution >= 0.6 is 0 Å². The van der Waals surface area contributed by atoms with Crippen LogP contribution in [0.1, 0.15) is 27.7 Å². The molecule has 2 N–H and O–H groups in total. The predicted octanol–water partition coefficient (Wildman–Crippen LogP) is 0.758. The van der Waals surface area contributed by atoms with Gasteiger partial charge in [-0.2, -0.15) is 0 Å². The first-order valence-corrected chi connectivity index (χ1v) is 4.49. The second kappa shape index (κ2) is 5.94. The Morgan fingerprint density at radius 3 is 2.62 bits per heavy atom. The van der Waals surface area contributed by atoms with Gasteiger partial charge in [0.15, 0.2) is 0 Å². The normalized spacial score (nSPS) is 14.8. The van der Waals surface area contributed by atoms with Crippen molar-refractivity contribution in [1.82, 2.24) is 5.32 Å². The molecule has 0 rings (SSSR count). The topological polar surface area (TPSA) is 53.9 Å². The van der Waals surface area contributed by atoms with Crippen molar-refractivity contribution in [3.63, 3.8) is 0 Å². The van der Waals surface area contributed by atoms with E-state index in [2.05, 4.69) is 10.5 Å². The molecule has 1 atom stereocenters. The number of aliphatic hydroxyl groups is 1. The van der Waals surface area contributed by atoms with Crippen molar-refractivity contribution in [3.05, 3.63) is 0 Å². The minimum absolute atomic E-state index is 0.0228. The van der Waals surface area contributed by atoms with Crippen LogP contribution in [-0.2, 0) is 4.84 Å². The third kappa shape index (κ3) is 9.30. The largest absolute Gasteiger partial charge is 0.393 e. The van der Waals surface area contributed by atoms with E-state index >= 15 is 0 Å². The number of oxime groups is 1. The molecule has 0 fully saturated rings. The van der Waals surface area contributed by atoms with E-state index in [-0.39, 0.29) is 12.1 Å². The van der Waals surface area contributed by atoms with Gasteiger partial charge in [-0.25, -0.2) is 0 Å². The maximum atomic E-state index is 9.38. The molecular formula is C9H20N2O2. The molecule has 0 aromatic heterocycles. The van der Waals surface area contributed by atoms with Gasteiger partial charge in [0.05, 0.1) is 0 Å². The summed E-state index contributed by atoms with van der Waals surface area (Å²) in [5.41, 5.74) is 0.0228. The molecule has 78 valence electrons. The van der Waals surface area contributed by atoms with Gasteiger partial charge in [0.2, 0.25) is 0 Å². The zero-order chi connectivity index (χ0) is 10.3. The maximum Gasteiger partial charge on any atom is 0.144 e. The van der Waals surface area contributed by atoms with Gasteiger partial charge < -0.3 is 15.3 Å².